The standard InChI is InChI=1S/C53H35NS2/c1-53(2)47-15-9-8-14-41(47)42-23-22-40(29-48(42)53)54(38-19-16-33(17-20-38)32-10-4-3-5-11-32)39-21-18-36-26-44-46-31-51-45(30-52(46)56-50(44)28-37(36)24-39)43-25-34-12-6-7-13-35(34)27-49(43)55-51/h3-31H,1-2H3. The highest BCUT2D eigenvalue weighted by Crippen LogP contribution is 2.51. The van der Waals surface area contributed by atoms with Gasteiger partial charge in [-0.25, -0.2) is 0 Å². The predicted octanol–water partition coefficient (Wildman–Crippen LogP) is 16.2. The molecule has 0 saturated heterocycles. The molecule has 11 aromatic rings. The van der Waals surface area contributed by atoms with Gasteiger partial charge >= 0.3 is 0 Å². The van der Waals surface area contributed by atoms with E-state index in [1.165, 1.54) is 101 Å². The van der Waals surface area contributed by atoms with Crippen LogP contribution in [0.15, 0.2) is 176 Å². The smallest absolute Gasteiger partial charge is 0.0468 e. The van der Waals surface area contributed by atoms with Crippen LogP contribution in [0.25, 0.3) is 84.1 Å². The van der Waals surface area contributed by atoms with E-state index in [0.717, 1.165) is 11.4 Å². The molecule has 0 spiro atoms. The lowest BCUT2D eigenvalue weighted by molar-refractivity contribution is 0.660. The van der Waals surface area contributed by atoms with E-state index < -0.39 is 0 Å². The van der Waals surface area contributed by atoms with Gasteiger partial charge in [-0.2, -0.15) is 0 Å². The maximum Gasteiger partial charge on any atom is 0.0468 e. The second-order valence-corrected chi connectivity index (χ2v) is 17.9. The second kappa shape index (κ2) is 11.9. The van der Waals surface area contributed by atoms with Crippen molar-refractivity contribution >= 4 is 102 Å². The van der Waals surface area contributed by atoms with Gasteiger partial charge in [0.05, 0.1) is 0 Å². The highest BCUT2D eigenvalue weighted by atomic mass is 32.1. The Balaban J connectivity index is 1.01. The summed E-state index contributed by atoms with van der Waals surface area (Å²) in [4.78, 5) is 2.44. The Morgan fingerprint density at radius 1 is 0.357 bits per heavy atom. The summed E-state index contributed by atoms with van der Waals surface area (Å²) >= 11 is 3.82. The van der Waals surface area contributed by atoms with Gasteiger partial charge in [-0.05, 0) is 128 Å². The van der Waals surface area contributed by atoms with Crippen molar-refractivity contribution in [1.82, 2.24) is 0 Å². The second-order valence-electron chi connectivity index (χ2n) is 15.8. The minimum atomic E-state index is -0.0878. The Labute approximate surface area is 333 Å². The van der Waals surface area contributed by atoms with E-state index in [0.29, 0.717) is 0 Å². The highest BCUT2D eigenvalue weighted by molar-refractivity contribution is 7.27. The molecule has 0 bridgehead atoms. The molecule has 9 aromatic carbocycles. The lowest BCUT2D eigenvalue weighted by atomic mass is 9.82. The zero-order valence-electron chi connectivity index (χ0n) is 31.0. The lowest BCUT2D eigenvalue weighted by Gasteiger charge is -2.28. The molecule has 1 nitrogen and oxygen atoms in total. The number of nitrogens with zero attached hydrogens (tertiary/aromatic N) is 1. The first-order valence-corrected chi connectivity index (χ1v) is 20.9. The fourth-order valence-electron chi connectivity index (χ4n) is 9.31. The van der Waals surface area contributed by atoms with Gasteiger partial charge in [-0.3, -0.25) is 0 Å². The molecule has 0 atom stereocenters. The van der Waals surface area contributed by atoms with Crippen molar-refractivity contribution in [2.45, 2.75) is 19.3 Å². The molecule has 3 heteroatoms. The molecule has 0 radical (unpaired) electrons. The largest absolute Gasteiger partial charge is 0.310 e. The van der Waals surface area contributed by atoms with Crippen molar-refractivity contribution in [2.24, 2.45) is 0 Å². The molecule has 0 fully saturated rings. The average molecular weight is 750 g/mol. The number of rotatable bonds is 4. The lowest BCUT2D eigenvalue weighted by Crippen LogP contribution is -2.16. The van der Waals surface area contributed by atoms with Crippen molar-refractivity contribution in [1.29, 1.82) is 0 Å². The molecule has 0 N–H and O–H groups in total. The SMILES string of the molecule is CC1(C)c2ccccc2-c2ccc(N(c3ccc(-c4ccccc4)cc3)c3ccc4cc5c(cc4c3)sc3cc4c(cc35)sc3cc5ccccc5cc34)cc21. The van der Waals surface area contributed by atoms with Crippen LogP contribution in [-0.2, 0) is 5.41 Å². The van der Waals surface area contributed by atoms with Crippen LogP contribution in [0.3, 0.4) is 0 Å². The summed E-state index contributed by atoms with van der Waals surface area (Å²) in [5, 5.41) is 10.5. The van der Waals surface area contributed by atoms with E-state index in [9.17, 15) is 0 Å². The Morgan fingerprint density at radius 2 is 0.857 bits per heavy atom. The summed E-state index contributed by atoms with van der Waals surface area (Å²) in [6.07, 6.45) is 0. The average Bonchev–Trinajstić information content (AvgIpc) is 3.84. The summed E-state index contributed by atoms with van der Waals surface area (Å²) in [6, 6.07) is 65.8. The van der Waals surface area contributed by atoms with Gasteiger partial charge in [0.15, 0.2) is 0 Å². The maximum atomic E-state index is 2.44. The van der Waals surface area contributed by atoms with Crippen LogP contribution in [0.1, 0.15) is 25.0 Å². The zero-order valence-corrected chi connectivity index (χ0v) is 32.6. The number of benzene rings is 9. The minimum absolute atomic E-state index is 0.0878. The molecule has 0 aliphatic heterocycles. The highest BCUT2D eigenvalue weighted by Gasteiger charge is 2.35. The third-order valence-electron chi connectivity index (χ3n) is 12.2. The Morgan fingerprint density at radius 3 is 1.59 bits per heavy atom. The van der Waals surface area contributed by atoms with E-state index in [4.69, 9.17) is 0 Å². The summed E-state index contributed by atoms with van der Waals surface area (Å²) < 4.78 is 5.38. The predicted molar refractivity (Wildman–Crippen MR) is 245 cm³/mol. The number of hydrogen-bond donors (Lipinski definition) is 0. The minimum Gasteiger partial charge on any atom is -0.310 e. The summed E-state index contributed by atoms with van der Waals surface area (Å²) in [7, 11) is 0. The maximum absolute atomic E-state index is 2.44. The monoisotopic (exact) mass is 749 g/mol. The van der Waals surface area contributed by atoms with Crippen molar-refractivity contribution in [3.05, 3.63) is 187 Å². The zero-order chi connectivity index (χ0) is 37.1. The van der Waals surface area contributed by atoms with Gasteiger partial charge in [-0.1, -0.05) is 117 Å². The summed E-state index contributed by atoms with van der Waals surface area (Å²) in [5.74, 6) is 0. The molecule has 1 aliphatic rings. The third-order valence-corrected chi connectivity index (χ3v) is 14.4. The third kappa shape index (κ3) is 4.78. The van der Waals surface area contributed by atoms with Crippen LogP contribution in [0.4, 0.5) is 17.1 Å². The summed E-state index contributed by atoms with van der Waals surface area (Å²) in [6.45, 7) is 4.72. The molecule has 12 rings (SSSR count). The fraction of sp³-hybridized carbons (Fsp3) is 0.0566. The Bertz CT molecular complexity index is 3380. The van der Waals surface area contributed by atoms with E-state index in [2.05, 4.69) is 195 Å². The van der Waals surface area contributed by atoms with Crippen LogP contribution in [0, 0.1) is 0 Å². The van der Waals surface area contributed by atoms with Crippen molar-refractivity contribution in [2.75, 3.05) is 4.90 Å². The summed E-state index contributed by atoms with van der Waals surface area (Å²) in [5.41, 5.74) is 11.3. The van der Waals surface area contributed by atoms with Gasteiger partial charge in [-0.15, -0.1) is 22.7 Å². The first-order valence-electron chi connectivity index (χ1n) is 19.3. The van der Waals surface area contributed by atoms with Gasteiger partial charge in [0.25, 0.3) is 0 Å². The van der Waals surface area contributed by atoms with E-state index in [1.54, 1.807) is 0 Å². The van der Waals surface area contributed by atoms with Gasteiger partial charge in [0.2, 0.25) is 0 Å². The van der Waals surface area contributed by atoms with Crippen LogP contribution in [-0.4, -0.2) is 0 Å². The normalized spacial score (nSPS) is 13.3. The molecule has 0 saturated carbocycles. The van der Waals surface area contributed by atoms with E-state index in [-0.39, 0.29) is 5.41 Å². The number of thiophene rings is 2. The molecule has 0 amide bonds. The van der Waals surface area contributed by atoms with Crippen LogP contribution >= 0.6 is 22.7 Å². The molecular weight excluding hydrogens is 715 g/mol. The quantitative estimate of drug-likeness (QED) is 0.173. The van der Waals surface area contributed by atoms with Crippen LogP contribution in [0.2, 0.25) is 0 Å². The van der Waals surface area contributed by atoms with E-state index in [1.807, 2.05) is 22.7 Å². The van der Waals surface area contributed by atoms with Crippen LogP contribution < -0.4 is 4.90 Å². The Kier molecular flexibility index (Phi) is 6.79. The molecule has 1 aliphatic carbocycles. The number of fused-ring (bicyclic) bond motifs is 11. The molecule has 0 unspecified atom stereocenters. The van der Waals surface area contributed by atoms with Gasteiger partial charge < -0.3 is 4.90 Å². The van der Waals surface area contributed by atoms with Gasteiger partial charge in [0.1, 0.15) is 0 Å². The Hall–Kier alpha value is -6.26. The first-order chi connectivity index (χ1) is 27.5. The van der Waals surface area contributed by atoms with Crippen molar-refractivity contribution in [3.8, 4) is 22.3 Å². The van der Waals surface area contributed by atoms with E-state index >= 15 is 0 Å². The number of hydrogen-bond acceptors (Lipinski definition) is 3. The molecular formula is C53H35NS2. The van der Waals surface area contributed by atoms with Crippen molar-refractivity contribution < 1.29 is 0 Å². The molecule has 264 valence electrons. The van der Waals surface area contributed by atoms with Crippen molar-refractivity contribution in [3.63, 3.8) is 0 Å². The topological polar surface area (TPSA) is 3.24 Å². The fourth-order valence-corrected chi connectivity index (χ4v) is 11.6. The molecule has 56 heavy (non-hydrogen) atoms. The van der Waals surface area contributed by atoms with Gasteiger partial charge in [0, 0.05) is 62.8 Å². The van der Waals surface area contributed by atoms with Crippen LogP contribution in [0.5, 0.6) is 0 Å². The molecule has 2 heterocycles. The first kappa shape index (κ1) is 32.0. The number of anilines is 3. The molecule has 2 aromatic heterocycles.